The van der Waals surface area contributed by atoms with Crippen molar-refractivity contribution < 1.29 is 9.66 Å². The molecule has 1 N–H and O–H groups in total. The Kier molecular flexibility index (Phi) is 6.62. The van der Waals surface area contributed by atoms with Crippen molar-refractivity contribution in [2.24, 2.45) is 0 Å². The highest BCUT2D eigenvalue weighted by atomic mass is 32.1. The summed E-state index contributed by atoms with van der Waals surface area (Å²) in [6.45, 7) is 4.72. The SMILES string of the molecule is COc1cc([N+](=O)[O-])ccc1-n1c(C)cc(C2C(c3ccccn3)NC(=S)N2Cc2ccccc2)c1C. The first-order valence-corrected chi connectivity index (χ1v) is 12.3. The summed E-state index contributed by atoms with van der Waals surface area (Å²) in [5.74, 6) is 0.435. The van der Waals surface area contributed by atoms with Gasteiger partial charge in [0.1, 0.15) is 5.75 Å². The van der Waals surface area contributed by atoms with Crippen LogP contribution >= 0.6 is 12.2 Å². The first kappa shape index (κ1) is 24.5. The topological polar surface area (TPSA) is 85.5 Å². The molecule has 4 aromatic rings. The Morgan fingerprint density at radius 3 is 2.51 bits per heavy atom. The summed E-state index contributed by atoms with van der Waals surface area (Å²) in [4.78, 5) is 17.8. The van der Waals surface area contributed by atoms with E-state index in [4.69, 9.17) is 17.0 Å². The zero-order valence-corrected chi connectivity index (χ0v) is 21.6. The van der Waals surface area contributed by atoms with Crippen LogP contribution in [0.15, 0.2) is 79.0 Å². The second-order valence-corrected chi connectivity index (χ2v) is 9.40. The van der Waals surface area contributed by atoms with Crippen LogP contribution in [-0.2, 0) is 6.54 Å². The van der Waals surface area contributed by atoms with Gasteiger partial charge >= 0.3 is 0 Å². The van der Waals surface area contributed by atoms with Gasteiger partial charge in [-0.1, -0.05) is 36.4 Å². The quantitative estimate of drug-likeness (QED) is 0.196. The van der Waals surface area contributed by atoms with Gasteiger partial charge in [-0.3, -0.25) is 15.1 Å². The molecule has 188 valence electrons. The van der Waals surface area contributed by atoms with Gasteiger partial charge in [-0.25, -0.2) is 0 Å². The Bertz CT molecular complexity index is 1460. The minimum absolute atomic E-state index is 0.0159. The summed E-state index contributed by atoms with van der Waals surface area (Å²) in [5, 5.41) is 15.5. The van der Waals surface area contributed by atoms with Gasteiger partial charge in [0.2, 0.25) is 0 Å². The Morgan fingerprint density at radius 2 is 1.84 bits per heavy atom. The van der Waals surface area contributed by atoms with Crippen molar-refractivity contribution in [1.29, 1.82) is 0 Å². The van der Waals surface area contributed by atoms with Crippen molar-refractivity contribution in [3.05, 3.63) is 117 Å². The van der Waals surface area contributed by atoms with Gasteiger partial charge in [0.15, 0.2) is 5.11 Å². The minimum atomic E-state index is -0.419. The monoisotopic (exact) mass is 513 g/mol. The summed E-state index contributed by atoms with van der Waals surface area (Å²) in [6, 6.07) is 22.7. The van der Waals surface area contributed by atoms with E-state index in [2.05, 4.69) is 44.9 Å². The van der Waals surface area contributed by atoms with Crippen LogP contribution in [-0.4, -0.2) is 31.6 Å². The van der Waals surface area contributed by atoms with Crippen molar-refractivity contribution in [1.82, 2.24) is 19.8 Å². The number of nitrogens with zero attached hydrogens (tertiary/aromatic N) is 4. The Balaban J connectivity index is 1.63. The van der Waals surface area contributed by atoms with E-state index in [0.29, 0.717) is 17.4 Å². The first-order chi connectivity index (χ1) is 17.9. The van der Waals surface area contributed by atoms with Crippen molar-refractivity contribution in [3.8, 4) is 11.4 Å². The highest BCUT2D eigenvalue weighted by Gasteiger charge is 2.41. The molecule has 0 radical (unpaired) electrons. The molecule has 0 aliphatic carbocycles. The number of benzene rings is 2. The summed E-state index contributed by atoms with van der Waals surface area (Å²) in [6.07, 6.45) is 1.79. The van der Waals surface area contributed by atoms with E-state index < -0.39 is 4.92 Å². The van der Waals surface area contributed by atoms with Gasteiger partial charge in [-0.15, -0.1) is 0 Å². The molecule has 1 saturated heterocycles. The number of aryl methyl sites for hydroxylation is 1. The minimum Gasteiger partial charge on any atom is -0.494 e. The van der Waals surface area contributed by atoms with E-state index in [0.717, 1.165) is 33.9 Å². The third-order valence-electron chi connectivity index (χ3n) is 6.80. The average molecular weight is 514 g/mol. The van der Waals surface area contributed by atoms with Crippen LogP contribution in [0, 0.1) is 24.0 Å². The van der Waals surface area contributed by atoms with E-state index >= 15 is 0 Å². The molecule has 1 fully saturated rings. The number of hydrogen-bond donors (Lipinski definition) is 1. The summed E-state index contributed by atoms with van der Waals surface area (Å²) in [5.41, 5.74) is 5.87. The van der Waals surface area contributed by atoms with E-state index in [1.807, 2.05) is 43.3 Å². The molecule has 1 aliphatic rings. The standard InChI is InChI=1S/C28H27N5O3S/c1-18-15-22(19(2)32(18)24-13-12-21(33(34)35)16-25(24)36-3)27-26(23-11-7-8-14-29-23)30-28(37)31(27)17-20-9-5-4-6-10-20/h4-16,26-27H,17H2,1-3H3,(H,30,37). The number of thiocarbonyl (C=S) groups is 1. The zero-order valence-electron chi connectivity index (χ0n) is 20.8. The molecular weight excluding hydrogens is 486 g/mol. The van der Waals surface area contributed by atoms with Gasteiger partial charge in [0.05, 0.1) is 41.6 Å². The number of pyridine rings is 1. The van der Waals surface area contributed by atoms with Crippen LogP contribution in [0.1, 0.15) is 40.3 Å². The van der Waals surface area contributed by atoms with E-state index in [-0.39, 0.29) is 17.8 Å². The van der Waals surface area contributed by atoms with Crippen molar-refractivity contribution in [3.63, 3.8) is 0 Å². The highest BCUT2D eigenvalue weighted by Crippen LogP contribution is 2.43. The maximum Gasteiger partial charge on any atom is 0.273 e. The largest absolute Gasteiger partial charge is 0.494 e. The lowest BCUT2D eigenvalue weighted by Crippen LogP contribution is -2.29. The lowest BCUT2D eigenvalue weighted by Gasteiger charge is -2.28. The fourth-order valence-corrected chi connectivity index (χ4v) is 5.42. The molecule has 1 aliphatic heterocycles. The van der Waals surface area contributed by atoms with E-state index in [1.54, 1.807) is 12.3 Å². The third-order valence-corrected chi connectivity index (χ3v) is 7.15. The van der Waals surface area contributed by atoms with Crippen LogP contribution in [0.25, 0.3) is 5.69 Å². The molecule has 9 heteroatoms. The van der Waals surface area contributed by atoms with Crippen LogP contribution < -0.4 is 10.1 Å². The predicted octanol–water partition coefficient (Wildman–Crippen LogP) is 5.58. The Hall–Kier alpha value is -4.24. The normalized spacial score (nSPS) is 17.1. The summed E-state index contributed by atoms with van der Waals surface area (Å²) >= 11 is 5.84. The molecule has 5 rings (SSSR count). The molecule has 2 aromatic carbocycles. The average Bonchev–Trinajstić information content (AvgIpc) is 3.39. The smallest absolute Gasteiger partial charge is 0.273 e. The van der Waals surface area contributed by atoms with Crippen LogP contribution in [0.2, 0.25) is 0 Å². The van der Waals surface area contributed by atoms with Crippen LogP contribution in [0.5, 0.6) is 5.75 Å². The predicted molar refractivity (Wildman–Crippen MR) is 146 cm³/mol. The number of nitrogens with one attached hydrogen (secondary N) is 1. The number of nitro groups is 1. The van der Waals surface area contributed by atoms with Crippen molar-refractivity contribution in [2.75, 3.05) is 7.11 Å². The number of ether oxygens (including phenoxy) is 1. The maximum absolute atomic E-state index is 11.3. The number of rotatable bonds is 7. The first-order valence-electron chi connectivity index (χ1n) is 11.9. The second-order valence-electron chi connectivity index (χ2n) is 9.02. The Labute approximate surface area is 220 Å². The molecule has 8 nitrogen and oxygen atoms in total. The lowest BCUT2D eigenvalue weighted by molar-refractivity contribution is -0.384. The highest BCUT2D eigenvalue weighted by molar-refractivity contribution is 7.80. The molecule has 0 spiro atoms. The van der Waals surface area contributed by atoms with Crippen LogP contribution in [0.4, 0.5) is 5.69 Å². The fraction of sp³-hybridized carbons (Fsp3) is 0.214. The Morgan fingerprint density at radius 1 is 1.08 bits per heavy atom. The molecule has 2 unspecified atom stereocenters. The molecule has 0 amide bonds. The number of non-ortho nitro benzene ring substituents is 1. The molecule has 37 heavy (non-hydrogen) atoms. The molecule has 0 bridgehead atoms. The number of methoxy groups -OCH3 is 1. The number of nitro benzene ring substituents is 1. The maximum atomic E-state index is 11.3. The molecule has 2 aromatic heterocycles. The lowest BCUT2D eigenvalue weighted by atomic mass is 9.96. The second kappa shape index (κ2) is 10.0. The van der Waals surface area contributed by atoms with Crippen molar-refractivity contribution in [2.45, 2.75) is 32.5 Å². The van der Waals surface area contributed by atoms with Gasteiger partial charge in [-0.05, 0) is 61.5 Å². The van der Waals surface area contributed by atoms with Gasteiger partial charge in [0.25, 0.3) is 5.69 Å². The van der Waals surface area contributed by atoms with E-state index in [1.165, 1.54) is 19.2 Å². The van der Waals surface area contributed by atoms with Crippen LogP contribution in [0.3, 0.4) is 0 Å². The molecule has 0 saturated carbocycles. The molecule has 2 atom stereocenters. The number of hydrogen-bond acceptors (Lipinski definition) is 5. The molecular formula is C28H27N5O3S. The summed E-state index contributed by atoms with van der Waals surface area (Å²) in [7, 11) is 1.52. The van der Waals surface area contributed by atoms with E-state index in [9.17, 15) is 10.1 Å². The number of aromatic nitrogens is 2. The molecule has 3 heterocycles. The van der Waals surface area contributed by atoms with Crippen molar-refractivity contribution >= 4 is 23.0 Å². The summed E-state index contributed by atoms with van der Waals surface area (Å²) < 4.78 is 7.64. The van der Waals surface area contributed by atoms with Gasteiger partial charge in [-0.2, -0.15) is 0 Å². The zero-order chi connectivity index (χ0) is 26.1. The van der Waals surface area contributed by atoms with Gasteiger partial charge in [0, 0.05) is 30.2 Å². The fourth-order valence-electron chi connectivity index (χ4n) is 5.12. The third kappa shape index (κ3) is 4.53. The van der Waals surface area contributed by atoms with Gasteiger partial charge < -0.3 is 19.5 Å².